The predicted molar refractivity (Wildman–Crippen MR) is 88.1 cm³/mol. The molecule has 0 fully saturated rings. The number of hydrogen-bond donors (Lipinski definition) is 1. The molecule has 0 spiro atoms. The lowest BCUT2D eigenvalue weighted by Crippen LogP contribution is -2.26. The summed E-state index contributed by atoms with van der Waals surface area (Å²) >= 11 is 0. The van der Waals surface area contributed by atoms with Gasteiger partial charge in [-0.05, 0) is 31.6 Å². The Morgan fingerprint density at radius 1 is 1.29 bits per heavy atom. The predicted octanol–water partition coefficient (Wildman–Crippen LogP) is 3.69. The molecule has 0 saturated carbocycles. The van der Waals surface area contributed by atoms with Gasteiger partial charge >= 0.3 is 5.97 Å². The second kappa shape index (κ2) is 9.14. The molecular formula is C18H25NO2. The Kier molecular flexibility index (Phi) is 7.48. The van der Waals surface area contributed by atoms with Crippen LogP contribution in [0.4, 0.5) is 0 Å². The molecule has 0 saturated heterocycles. The highest BCUT2D eigenvalue weighted by atomic mass is 16.4. The molecule has 0 aliphatic carbocycles. The van der Waals surface area contributed by atoms with E-state index in [0.717, 1.165) is 31.6 Å². The summed E-state index contributed by atoms with van der Waals surface area (Å²) in [7, 11) is 0. The third kappa shape index (κ3) is 5.96. The van der Waals surface area contributed by atoms with Crippen molar-refractivity contribution < 1.29 is 9.90 Å². The minimum absolute atomic E-state index is 0.136. The first-order chi connectivity index (χ1) is 10.1. The van der Waals surface area contributed by atoms with Crippen LogP contribution in [-0.2, 0) is 4.79 Å². The summed E-state index contributed by atoms with van der Waals surface area (Å²) in [4.78, 5) is 13.5. The Morgan fingerprint density at radius 3 is 2.43 bits per heavy atom. The first-order valence-electron chi connectivity index (χ1n) is 7.46. The van der Waals surface area contributed by atoms with E-state index in [-0.39, 0.29) is 11.5 Å². The fourth-order valence-corrected chi connectivity index (χ4v) is 2.20. The number of carboxylic acid groups (broad SMARTS) is 1. The average Bonchev–Trinajstić information content (AvgIpc) is 2.51. The molecule has 0 heterocycles. The summed E-state index contributed by atoms with van der Waals surface area (Å²) in [5.41, 5.74) is 1.33. The maximum atomic E-state index is 11.2. The van der Waals surface area contributed by atoms with Crippen LogP contribution in [0.15, 0.2) is 48.6 Å². The van der Waals surface area contributed by atoms with Crippen LogP contribution in [0.2, 0.25) is 0 Å². The van der Waals surface area contributed by atoms with Crippen LogP contribution in [-0.4, -0.2) is 35.6 Å². The number of benzene rings is 1. The van der Waals surface area contributed by atoms with Crippen molar-refractivity contribution in [1.29, 1.82) is 0 Å². The molecule has 0 radical (unpaired) electrons. The van der Waals surface area contributed by atoms with Crippen molar-refractivity contribution in [2.75, 3.05) is 19.6 Å². The molecule has 21 heavy (non-hydrogen) atoms. The van der Waals surface area contributed by atoms with Crippen molar-refractivity contribution in [1.82, 2.24) is 4.90 Å². The molecule has 3 heteroatoms. The lowest BCUT2D eigenvalue weighted by molar-refractivity contribution is -0.133. The van der Waals surface area contributed by atoms with Gasteiger partial charge in [-0.1, -0.05) is 62.9 Å². The Balaban J connectivity index is 2.75. The molecule has 0 amide bonds. The van der Waals surface area contributed by atoms with E-state index in [1.807, 2.05) is 42.5 Å². The van der Waals surface area contributed by atoms with Crippen molar-refractivity contribution in [3.05, 3.63) is 54.1 Å². The second-order valence-corrected chi connectivity index (χ2v) is 5.02. The van der Waals surface area contributed by atoms with Gasteiger partial charge in [0.15, 0.2) is 0 Å². The van der Waals surface area contributed by atoms with Gasteiger partial charge in [-0.25, -0.2) is 4.79 Å². The molecule has 0 aliphatic heterocycles. The summed E-state index contributed by atoms with van der Waals surface area (Å²) in [5.74, 6) is -1.06. The SMILES string of the molecule is C=C(C(=O)O)C(C=Cc1ccccc1)CCN(CC)CC. The van der Waals surface area contributed by atoms with Crippen molar-refractivity contribution in [2.24, 2.45) is 5.92 Å². The van der Waals surface area contributed by atoms with Crippen LogP contribution in [0.3, 0.4) is 0 Å². The van der Waals surface area contributed by atoms with Crippen molar-refractivity contribution >= 4 is 12.0 Å². The fraction of sp³-hybridized carbons (Fsp3) is 0.389. The van der Waals surface area contributed by atoms with Gasteiger partial charge in [0.2, 0.25) is 0 Å². The van der Waals surface area contributed by atoms with Crippen LogP contribution in [0.1, 0.15) is 25.8 Å². The van der Waals surface area contributed by atoms with Gasteiger partial charge < -0.3 is 10.0 Å². The van der Waals surface area contributed by atoms with Crippen molar-refractivity contribution in [3.63, 3.8) is 0 Å². The second-order valence-electron chi connectivity index (χ2n) is 5.02. The summed E-state index contributed by atoms with van der Waals surface area (Å²) in [5, 5.41) is 9.18. The van der Waals surface area contributed by atoms with E-state index in [4.69, 9.17) is 0 Å². The number of allylic oxidation sites excluding steroid dienone is 1. The normalized spacial score (nSPS) is 12.7. The van der Waals surface area contributed by atoms with Crippen LogP contribution < -0.4 is 0 Å². The van der Waals surface area contributed by atoms with E-state index in [1.165, 1.54) is 0 Å². The maximum Gasteiger partial charge on any atom is 0.331 e. The highest BCUT2D eigenvalue weighted by Crippen LogP contribution is 2.18. The van der Waals surface area contributed by atoms with E-state index in [0.29, 0.717) is 0 Å². The van der Waals surface area contributed by atoms with E-state index in [9.17, 15) is 9.90 Å². The van der Waals surface area contributed by atoms with E-state index >= 15 is 0 Å². The Bertz CT molecular complexity index is 475. The lowest BCUT2D eigenvalue weighted by atomic mass is 9.95. The fourth-order valence-electron chi connectivity index (χ4n) is 2.20. The zero-order valence-electron chi connectivity index (χ0n) is 13.0. The maximum absolute atomic E-state index is 11.2. The first kappa shape index (κ1) is 17.2. The van der Waals surface area contributed by atoms with Gasteiger partial charge in [0, 0.05) is 11.5 Å². The molecule has 1 rings (SSSR count). The van der Waals surface area contributed by atoms with E-state index in [2.05, 4.69) is 25.3 Å². The lowest BCUT2D eigenvalue weighted by Gasteiger charge is -2.21. The number of hydrogen-bond acceptors (Lipinski definition) is 2. The number of aliphatic carboxylic acids is 1. The van der Waals surface area contributed by atoms with E-state index in [1.54, 1.807) is 0 Å². The third-order valence-electron chi connectivity index (χ3n) is 3.69. The minimum atomic E-state index is -0.919. The molecule has 1 N–H and O–H groups in total. The Labute approximate surface area is 127 Å². The number of rotatable bonds is 9. The molecule has 0 bridgehead atoms. The van der Waals surface area contributed by atoms with Gasteiger partial charge in [0.1, 0.15) is 0 Å². The molecule has 1 unspecified atom stereocenters. The largest absolute Gasteiger partial charge is 0.478 e. The molecule has 0 aliphatic rings. The Morgan fingerprint density at radius 2 is 1.90 bits per heavy atom. The highest BCUT2D eigenvalue weighted by molar-refractivity contribution is 5.87. The summed E-state index contributed by atoms with van der Waals surface area (Å²) in [6, 6.07) is 9.90. The van der Waals surface area contributed by atoms with Gasteiger partial charge in [-0.15, -0.1) is 0 Å². The monoisotopic (exact) mass is 287 g/mol. The number of nitrogens with zero attached hydrogens (tertiary/aromatic N) is 1. The van der Waals surface area contributed by atoms with Crippen LogP contribution in [0.5, 0.6) is 0 Å². The topological polar surface area (TPSA) is 40.5 Å². The minimum Gasteiger partial charge on any atom is -0.478 e. The summed E-state index contributed by atoms with van der Waals surface area (Å²) < 4.78 is 0. The standard InChI is InChI=1S/C18H25NO2/c1-4-19(5-2)14-13-17(15(3)18(20)21)12-11-16-9-7-6-8-10-16/h6-12,17H,3-5,13-14H2,1-2H3,(H,20,21). The van der Waals surface area contributed by atoms with Crippen LogP contribution in [0.25, 0.3) is 6.08 Å². The highest BCUT2D eigenvalue weighted by Gasteiger charge is 2.16. The first-order valence-corrected chi connectivity index (χ1v) is 7.46. The summed E-state index contributed by atoms with van der Waals surface area (Å²) in [6.07, 6.45) is 4.70. The number of carboxylic acids is 1. The molecule has 1 atom stereocenters. The van der Waals surface area contributed by atoms with Gasteiger partial charge in [0.05, 0.1) is 0 Å². The van der Waals surface area contributed by atoms with Crippen molar-refractivity contribution in [2.45, 2.75) is 20.3 Å². The van der Waals surface area contributed by atoms with Crippen LogP contribution >= 0.6 is 0 Å². The average molecular weight is 287 g/mol. The quantitative estimate of drug-likeness (QED) is 0.704. The molecule has 1 aromatic carbocycles. The summed E-state index contributed by atoms with van der Waals surface area (Å²) in [6.45, 7) is 10.8. The van der Waals surface area contributed by atoms with Gasteiger partial charge in [-0.2, -0.15) is 0 Å². The smallest absolute Gasteiger partial charge is 0.331 e. The third-order valence-corrected chi connectivity index (χ3v) is 3.69. The zero-order chi connectivity index (χ0) is 15.7. The molecule has 114 valence electrons. The molecule has 0 aromatic heterocycles. The Hall–Kier alpha value is -1.87. The zero-order valence-corrected chi connectivity index (χ0v) is 13.0. The van der Waals surface area contributed by atoms with Crippen LogP contribution in [0, 0.1) is 5.92 Å². The number of carbonyl (C=O) groups is 1. The molecule has 3 nitrogen and oxygen atoms in total. The van der Waals surface area contributed by atoms with Gasteiger partial charge in [0.25, 0.3) is 0 Å². The van der Waals surface area contributed by atoms with Gasteiger partial charge in [-0.3, -0.25) is 0 Å². The van der Waals surface area contributed by atoms with E-state index < -0.39 is 5.97 Å². The molecule has 1 aromatic rings. The van der Waals surface area contributed by atoms with Crippen molar-refractivity contribution in [3.8, 4) is 0 Å². The molecular weight excluding hydrogens is 262 g/mol.